The molecule has 0 spiro atoms. The number of amides is 2. The molecule has 1 N–H and O–H groups in total. The first-order valence-electron chi connectivity index (χ1n) is 12.6. The first kappa shape index (κ1) is 28.2. The molecule has 0 aliphatic carbocycles. The molecule has 39 heavy (non-hydrogen) atoms. The normalized spacial score (nSPS) is 22.0. The van der Waals surface area contributed by atoms with Gasteiger partial charge in [-0.3, -0.25) is 19.5 Å². The molecule has 0 bridgehead atoms. The van der Waals surface area contributed by atoms with Crippen molar-refractivity contribution in [1.82, 2.24) is 9.88 Å². The SMILES string of the molecule is C=NC1=C(/C=C(\C)c2cc(NC(=O)c3cncc(C(F)(F)F)c3)ccc2C)C2(C)CCOCC2C(=O)N1CC. The van der Waals surface area contributed by atoms with Gasteiger partial charge in [0.15, 0.2) is 0 Å². The molecule has 1 aromatic carbocycles. The van der Waals surface area contributed by atoms with Crippen LogP contribution in [0.3, 0.4) is 0 Å². The maximum atomic E-state index is 13.3. The van der Waals surface area contributed by atoms with Crippen LogP contribution in [-0.4, -0.2) is 48.2 Å². The van der Waals surface area contributed by atoms with Crippen molar-refractivity contribution in [2.45, 2.75) is 40.3 Å². The Hall–Kier alpha value is -3.79. The number of nitrogens with zero attached hydrogens (tertiary/aromatic N) is 3. The first-order valence-corrected chi connectivity index (χ1v) is 12.6. The molecule has 2 amide bonds. The van der Waals surface area contributed by atoms with Crippen molar-refractivity contribution in [2.24, 2.45) is 16.3 Å². The number of pyridine rings is 1. The Bertz CT molecular complexity index is 1380. The van der Waals surface area contributed by atoms with Gasteiger partial charge in [-0.2, -0.15) is 13.2 Å². The average molecular weight is 541 g/mol. The molecule has 2 aromatic rings. The summed E-state index contributed by atoms with van der Waals surface area (Å²) in [4.78, 5) is 35.5. The zero-order chi connectivity index (χ0) is 28.5. The van der Waals surface area contributed by atoms with Crippen LogP contribution in [0.2, 0.25) is 0 Å². The first-order chi connectivity index (χ1) is 18.4. The van der Waals surface area contributed by atoms with Crippen molar-refractivity contribution in [3.8, 4) is 0 Å². The van der Waals surface area contributed by atoms with Gasteiger partial charge in [-0.25, -0.2) is 4.99 Å². The maximum Gasteiger partial charge on any atom is 0.417 e. The number of fused-ring (bicyclic) bond motifs is 1. The Labute approximate surface area is 225 Å². The number of aliphatic imine (C=N–C) groups is 1. The summed E-state index contributed by atoms with van der Waals surface area (Å²) < 4.78 is 44.9. The Morgan fingerprint density at radius 2 is 2.08 bits per heavy atom. The predicted molar refractivity (Wildman–Crippen MR) is 143 cm³/mol. The molecule has 3 heterocycles. The van der Waals surface area contributed by atoms with Crippen LogP contribution >= 0.6 is 0 Å². The van der Waals surface area contributed by atoms with Gasteiger partial charge in [0.25, 0.3) is 5.91 Å². The molecule has 206 valence electrons. The molecule has 0 saturated carbocycles. The fourth-order valence-electron chi connectivity index (χ4n) is 5.25. The van der Waals surface area contributed by atoms with Gasteiger partial charge in [-0.15, -0.1) is 0 Å². The lowest BCUT2D eigenvalue weighted by Gasteiger charge is -2.48. The van der Waals surface area contributed by atoms with E-state index in [4.69, 9.17) is 4.74 Å². The van der Waals surface area contributed by atoms with Crippen LogP contribution < -0.4 is 5.32 Å². The number of aromatic nitrogens is 1. The fourth-order valence-corrected chi connectivity index (χ4v) is 5.25. The Kier molecular flexibility index (Phi) is 7.79. The molecular formula is C29H31F3N4O3. The van der Waals surface area contributed by atoms with Crippen LogP contribution in [0.5, 0.6) is 0 Å². The van der Waals surface area contributed by atoms with Crippen LogP contribution in [-0.2, 0) is 15.7 Å². The van der Waals surface area contributed by atoms with E-state index in [-0.39, 0.29) is 17.4 Å². The summed E-state index contributed by atoms with van der Waals surface area (Å²) in [5.74, 6) is -0.542. The molecule has 2 aliphatic heterocycles. The van der Waals surface area contributed by atoms with E-state index in [1.807, 2.05) is 32.9 Å². The van der Waals surface area contributed by atoms with E-state index < -0.39 is 23.1 Å². The largest absolute Gasteiger partial charge is 0.417 e. The highest BCUT2D eigenvalue weighted by atomic mass is 19.4. The third-order valence-electron chi connectivity index (χ3n) is 7.57. The Balaban J connectivity index is 1.71. The highest BCUT2D eigenvalue weighted by molar-refractivity contribution is 6.04. The van der Waals surface area contributed by atoms with Gasteiger partial charge in [-0.05, 0) is 68.8 Å². The van der Waals surface area contributed by atoms with E-state index in [0.717, 1.165) is 34.5 Å². The minimum Gasteiger partial charge on any atom is -0.381 e. The quantitative estimate of drug-likeness (QED) is 0.464. The maximum absolute atomic E-state index is 13.3. The second kappa shape index (κ2) is 10.8. The molecule has 1 saturated heterocycles. The summed E-state index contributed by atoms with van der Waals surface area (Å²) in [6, 6.07) is 6.06. The van der Waals surface area contributed by atoms with Crippen LogP contribution in [0.1, 0.15) is 54.2 Å². The molecule has 2 unspecified atom stereocenters. The van der Waals surface area contributed by atoms with Crippen molar-refractivity contribution in [3.63, 3.8) is 0 Å². The van der Waals surface area contributed by atoms with Gasteiger partial charge >= 0.3 is 6.18 Å². The van der Waals surface area contributed by atoms with Gasteiger partial charge < -0.3 is 10.1 Å². The second-order valence-corrected chi connectivity index (χ2v) is 10.0. The van der Waals surface area contributed by atoms with E-state index in [0.29, 0.717) is 43.9 Å². The summed E-state index contributed by atoms with van der Waals surface area (Å²) in [6.45, 7) is 12.9. The minimum atomic E-state index is -4.60. The third kappa shape index (κ3) is 5.38. The van der Waals surface area contributed by atoms with E-state index in [9.17, 15) is 22.8 Å². The number of carbonyl (C=O) groups is 2. The van der Waals surface area contributed by atoms with Crippen molar-refractivity contribution in [3.05, 3.63) is 76.4 Å². The van der Waals surface area contributed by atoms with E-state index in [1.165, 1.54) is 0 Å². The Morgan fingerprint density at radius 1 is 1.33 bits per heavy atom. The number of allylic oxidation sites excluding steroid dienone is 3. The number of hydrogen-bond acceptors (Lipinski definition) is 5. The van der Waals surface area contributed by atoms with Crippen molar-refractivity contribution < 1.29 is 27.5 Å². The van der Waals surface area contributed by atoms with Crippen LogP contribution in [0, 0.1) is 18.3 Å². The summed E-state index contributed by atoms with van der Waals surface area (Å²) in [5.41, 5.74) is 2.27. The smallest absolute Gasteiger partial charge is 0.381 e. The fraction of sp³-hybridized carbons (Fsp3) is 0.379. The van der Waals surface area contributed by atoms with Crippen molar-refractivity contribution in [2.75, 3.05) is 25.1 Å². The minimum absolute atomic E-state index is 0.0260. The lowest BCUT2D eigenvalue weighted by atomic mass is 9.65. The van der Waals surface area contributed by atoms with Gasteiger partial charge in [-0.1, -0.05) is 19.1 Å². The van der Waals surface area contributed by atoms with Gasteiger partial charge in [0.05, 0.1) is 23.7 Å². The number of halogens is 3. The average Bonchev–Trinajstić information content (AvgIpc) is 2.90. The lowest BCUT2D eigenvalue weighted by Crippen LogP contribution is -2.53. The highest BCUT2D eigenvalue weighted by Gasteiger charge is 2.50. The summed E-state index contributed by atoms with van der Waals surface area (Å²) in [6.07, 6.45) is -0.164. The molecule has 10 heteroatoms. The summed E-state index contributed by atoms with van der Waals surface area (Å²) in [5, 5.41) is 2.67. The number of aryl methyl sites for hydroxylation is 1. The summed E-state index contributed by atoms with van der Waals surface area (Å²) in [7, 11) is 0. The number of hydrogen-bond donors (Lipinski definition) is 1. The lowest BCUT2D eigenvalue weighted by molar-refractivity contribution is -0.146. The van der Waals surface area contributed by atoms with Crippen LogP contribution in [0.25, 0.3) is 5.57 Å². The van der Waals surface area contributed by atoms with E-state index in [1.54, 1.807) is 17.0 Å². The monoisotopic (exact) mass is 540 g/mol. The third-order valence-corrected chi connectivity index (χ3v) is 7.57. The standard InChI is InChI=1S/C29H31F3N4O3/c1-6-36-25(33-5)23(28(4)9-10-39-16-24(28)27(36)38)11-18(3)22-13-21(8-7-17(22)2)35-26(37)19-12-20(15-34-14-19)29(30,31)32/h7-8,11-15,24H,5-6,9-10,16H2,1-4H3,(H,35,37)/b18-11+. The van der Waals surface area contributed by atoms with E-state index >= 15 is 0 Å². The van der Waals surface area contributed by atoms with Crippen LogP contribution in [0.15, 0.2) is 59.1 Å². The second-order valence-electron chi connectivity index (χ2n) is 10.0. The van der Waals surface area contributed by atoms with Gasteiger partial charge in [0, 0.05) is 42.2 Å². The zero-order valence-electron chi connectivity index (χ0n) is 22.4. The number of nitrogens with one attached hydrogen (secondary N) is 1. The van der Waals surface area contributed by atoms with Crippen LogP contribution in [0.4, 0.5) is 18.9 Å². The molecule has 2 aliphatic rings. The predicted octanol–water partition coefficient (Wildman–Crippen LogP) is 5.88. The number of rotatable bonds is 6. The van der Waals surface area contributed by atoms with Gasteiger partial charge in [0.1, 0.15) is 5.82 Å². The van der Waals surface area contributed by atoms with E-state index in [2.05, 4.69) is 28.9 Å². The molecule has 4 rings (SSSR count). The van der Waals surface area contributed by atoms with Crippen molar-refractivity contribution in [1.29, 1.82) is 0 Å². The topological polar surface area (TPSA) is 83.9 Å². The molecule has 1 fully saturated rings. The molecule has 7 nitrogen and oxygen atoms in total. The molecule has 0 radical (unpaired) electrons. The number of benzene rings is 1. The van der Waals surface area contributed by atoms with Gasteiger partial charge in [0.2, 0.25) is 5.91 Å². The highest BCUT2D eigenvalue weighted by Crippen LogP contribution is 2.49. The molecular weight excluding hydrogens is 509 g/mol. The van der Waals surface area contributed by atoms with Crippen molar-refractivity contribution >= 4 is 29.8 Å². The number of anilines is 1. The summed E-state index contributed by atoms with van der Waals surface area (Å²) >= 11 is 0. The Morgan fingerprint density at radius 3 is 2.74 bits per heavy atom. The number of alkyl halides is 3. The number of ether oxygens (including phenoxy) is 1. The molecule has 2 atom stereocenters. The molecule has 1 aromatic heterocycles. The zero-order valence-corrected chi connectivity index (χ0v) is 22.4. The number of carbonyl (C=O) groups excluding carboxylic acids is 2.